The van der Waals surface area contributed by atoms with E-state index in [1.54, 1.807) is 32.9 Å². The number of amides is 1. The van der Waals surface area contributed by atoms with Crippen molar-refractivity contribution in [1.82, 2.24) is 5.32 Å². The van der Waals surface area contributed by atoms with Gasteiger partial charge in [0.05, 0.1) is 12.5 Å². The van der Waals surface area contributed by atoms with Crippen molar-refractivity contribution in [3.63, 3.8) is 0 Å². The van der Waals surface area contributed by atoms with Gasteiger partial charge in [-0.05, 0) is 52.6 Å². The van der Waals surface area contributed by atoms with Crippen LogP contribution in [0.3, 0.4) is 0 Å². The molecule has 2 unspecified atom stereocenters. The maximum absolute atomic E-state index is 12.2. The van der Waals surface area contributed by atoms with Crippen molar-refractivity contribution in [3.8, 4) is 0 Å². The van der Waals surface area contributed by atoms with Gasteiger partial charge in [-0.1, -0.05) is 24.3 Å². The van der Waals surface area contributed by atoms with E-state index in [2.05, 4.69) is 10.6 Å². The number of piperidine rings is 1. The van der Waals surface area contributed by atoms with Crippen LogP contribution in [0, 0.1) is 5.92 Å². The molecule has 0 saturated carbocycles. The van der Waals surface area contributed by atoms with Gasteiger partial charge in [0.1, 0.15) is 5.60 Å². The van der Waals surface area contributed by atoms with Crippen molar-refractivity contribution >= 4 is 17.7 Å². The molecule has 1 fully saturated rings. The Balaban J connectivity index is 0.00000338. The van der Waals surface area contributed by atoms with Gasteiger partial charge in [0.15, 0.2) is 0 Å². The number of carbonyl (C=O) groups is 2. The predicted molar refractivity (Wildman–Crippen MR) is 95.8 cm³/mol. The van der Waals surface area contributed by atoms with Crippen LogP contribution in [0.5, 0.6) is 0 Å². The molecule has 2 atom stereocenters. The van der Waals surface area contributed by atoms with E-state index in [4.69, 9.17) is 9.47 Å². The fourth-order valence-corrected chi connectivity index (χ4v) is 2.89. The van der Waals surface area contributed by atoms with Crippen molar-refractivity contribution in [2.75, 3.05) is 13.2 Å². The topological polar surface area (TPSA) is 78.7 Å². The van der Waals surface area contributed by atoms with Crippen LogP contribution in [-0.4, -0.2) is 30.8 Å². The molecule has 1 aliphatic rings. The molecule has 1 heterocycles. The number of hydrogen-bond donors (Lipinski definition) is 1. The molecule has 0 aliphatic carbocycles. The van der Waals surface area contributed by atoms with Gasteiger partial charge >= 0.3 is 24.8 Å². The van der Waals surface area contributed by atoms with Gasteiger partial charge in [0, 0.05) is 6.04 Å². The first-order chi connectivity index (χ1) is 11.8. The van der Waals surface area contributed by atoms with Crippen LogP contribution in [0.1, 0.15) is 52.1 Å². The Morgan fingerprint density at radius 2 is 1.88 bits per heavy atom. The third kappa shape index (κ3) is 6.68. The predicted octanol–water partition coefficient (Wildman–Crippen LogP) is 1.23. The van der Waals surface area contributed by atoms with Crippen molar-refractivity contribution in [3.05, 3.63) is 35.1 Å². The average Bonchev–Trinajstić information content (AvgIpc) is 2.54. The fourth-order valence-electron chi connectivity index (χ4n) is 2.89. The molecule has 0 bridgehead atoms. The molecular formula is C19H27LiN2O4. The second-order valence-corrected chi connectivity index (χ2v) is 7.12. The fraction of sp³-hybridized carbons (Fsp3) is 0.579. The van der Waals surface area contributed by atoms with E-state index in [1.165, 1.54) is 0 Å². The molecule has 0 aromatic heterocycles. The Morgan fingerprint density at radius 3 is 2.46 bits per heavy atom. The molecule has 2 rings (SSSR count). The summed E-state index contributed by atoms with van der Waals surface area (Å²) in [5.41, 5.74) is 0.946. The molecule has 1 amide bonds. The molecule has 1 aromatic carbocycles. The smallest absolute Gasteiger partial charge is 0.591 e. The SMILES string of the molecule is CCOC(=O)C1CCCNC1c1ccc([N-]C(=O)OC(C)(C)C)cc1.[Li+]. The number of nitrogens with zero attached hydrogens (tertiary/aromatic N) is 1. The summed E-state index contributed by atoms with van der Waals surface area (Å²) in [5, 5.41) is 7.33. The molecular weight excluding hydrogens is 327 g/mol. The van der Waals surface area contributed by atoms with Gasteiger partial charge in [-0.25, -0.2) is 0 Å². The Labute approximate surface area is 167 Å². The van der Waals surface area contributed by atoms with Gasteiger partial charge in [0.25, 0.3) is 0 Å². The first kappa shape index (κ1) is 22.6. The zero-order valence-corrected chi connectivity index (χ0v) is 16.4. The van der Waals surface area contributed by atoms with Crippen molar-refractivity contribution in [2.24, 2.45) is 5.92 Å². The van der Waals surface area contributed by atoms with E-state index >= 15 is 0 Å². The van der Waals surface area contributed by atoms with Crippen LogP contribution in [0.15, 0.2) is 24.3 Å². The molecule has 1 N–H and O–H groups in total. The van der Waals surface area contributed by atoms with Crippen LogP contribution in [0.4, 0.5) is 10.5 Å². The molecule has 138 valence electrons. The monoisotopic (exact) mass is 354 g/mol. The zero-order chi connectivity index (χ0) is 18.4. The number of esters is 1. The standard InChI is InChI=1S/C19H28N2O4.Li/c1-5-24-17(22)15-7-6-12-20-16(15)13-8-10-14(11-9-13)21-18(23)25-19(2,3)4;/h8-11,15-16,20H,5-7,12H2,1-4H3,(H,21,23);/q;+1/p-1. The number of benzene rings is 1. The zero-order valence-electron chi connectivity index (χ0n) is 16.4. The minimum atomic E-state index is -0.611. The second-order valence-electron chi connectivity index (χ2n) is 7.12. The Bertz CT molecular complexity index is 599. The summed E-state index contributed by atoms with van der Waals surface area (Å²) in [6.45, 7) is 8.46. The minimum absolute atomic E-state index is 0. The number of carbonyl (C=O) groups excluding carboxylic acids is 2. The average molecular weight is 354 g/mol. The number of rotatable bonds is 4. The van der Waals surface area contributed by atoms with Gasteiger partial charge in [-0.2, -0.15) is 0 Å². The van der Waals surface area contributed by atoms with E-state index in [9.17, 15) is 9.59 Å². The number of nitrogens with one attached hydrogen (secondary N) is 1. The molecule has 1 saturated heterocycles. The first-order valence-corrected chi connectivity index (χ1v) is 8.75. The number of ether oxygens (including phenoxy) is 2. The maximum Gasteiger partial charge on any atom is 1.00 e. The van der Waals surface area contributed by atoms with E-state index in [0.29, 0.717) is 12.3 Å². The first-order valence-electron chi connectivity index (χ1n) is 8.75. The van der Waals surface area contributed by atoms with Crippen LogP contribution < -0.4 is 24.2 Å². The molecule has 1 aliphatic heterocycles. The molecule has 1 aromatic rings. The summed E-state index contributed by atoms with van der Waals surface area (Å²) in [7, 11) is 0. The van der Waals surface area contributed by atoms with E-state index in [1.807, 2.05) is 19.1 Å². The van der Waals surface area contributed by atoms with Gasteiger partial charge in [0.2, 0.25) is 6.09 Å². The van der Waals surface area contributed by atoms with Crippen molar-refractivity contribution < 1.29 is 37.9 Å². The summed E-state index contributed by atoms with van der Waals surface area (Å²) >= 11 is 0. The summed E-state index contributed by atoms with van der Waals surface area (Å²) in [5.74, 6) is -0.357. The summed E-state index contributed by atoms with van der Waals surface area (Å²) in [6.07, 6.45) is 1.15. The Hall–Kier alpha value is -1.48. The summed E-state index contributed by atoms with van der Waals surface area (Å²) in [6, 6.07) is 7.22. The molecule has 7 heteroatoms. The maximum atomic E-state index is 12.2. The van der Waals surface area contributed by atoms with Crippen LogP contribution >= 0.6 is 0 Å². The second kappa shape index (κ2) is 10.0. The molecule has 0 spiro atoms. The molecule has 0 radical (unpaired) electrons. The van der Waals surface area contributed by atoms with Crippen molar-refractivity contribution in [2.45, 2.75) is 52.2 Å². The normalized spacial score (nSPS) is 19.8. The van der Waals surface area contributed by atoms with Crippen molar-refractivity contribution in [1.29, 1.82) is 0 Å². The molecule has 26 heavy (non-hydrogen) atoms. The van der Waals surface area contributed by atoms with Crippen LogP contribution in [0.25, 0.3) is 5.32 Å². The number of hydrogen-bond acceptors (Lipinski definition) is 5. The van der Waals surface area contributed by atoms with Crippen LogP contribution in [0.2, 0.25) is 0 Å². The molecule has 6 nitrogen and oxygen atoms in total. The van der Waals surface area contributed by atoms with Gasteiger partial charge in [-0.3, -0.25) is 9.59 Å². The van der Waals surface area contributed by atoms with E-state index in [0.717, 1.165) is 24.9 Å². The quantitative estimate of drug-likeness (QED) is 0.650. The Morgan fingerprint density at radius 1 is 1.23 bits per heavy atom. The van der Waals surface area contributed by atoms with Gasteiger partial charge in [-0.15, -0.1) is 5.69 Å². The minimum Gasteiger partial charge on any atom is -0.591 e. The Kier molecular flexibility index (Phi) is 8.68. The van der Waals surface area contributed by atoms with E-state index < -0.39 is 11.7 Å². The summed E-state index contributed by atoms with van der Waals surface area (Å²) < 4.78 is 10.4. The third-order valence-electron chi connectivity index (χ3n) is 3.91. The van der Waals surface area contributed by atoms with Gasteiger partial charge < -0.3 is 20.1 Å². The van der Waals surface area contributed by atoms with Crippen LogP contribution in [-0.2, 0) is 14.3 Å². The van der Waals surface area contributed by atoms with E-state index in [-0.39, 0.29) is 36.8 Å². The largest absolute Gasteiger partial charge is 1.00 e. The summed E-state index contributed by atoms with van der Waals surface area (Å²) in [4.78, 5) is 24.0. The third-order valence-corrected chi connectivity index (χ3v) is 3.91.